The van der Waals surface area contributed by atoms with Gasteiger partial charge in [-0.25, -0.2) is 8.42 Å². The topological polar surface area (TPSA) is 66.5 Å². The maximum Gasteiger partial charge on any atom is 0.241 e. The molecule has 28 heavy (non-hydrogen) atoms. The fourth-order valence-electron chi connectivity index (χ4n) is 3.71. The average molecular weight is 401 g/mol. The number of rotatable bonds is 6. The Morgan fingerprint density at radius 2 is 1.82 bits per heavy atom. The monoisotopic (exact) mass is 400 g/mol. The summed E-state index contributed by atoms with van der Waals surface area (Å²) in [5, 5.41) is 2.94. The molecule has 5 nitrogen and oxygen atoms in total. The Kier molecular flexibility index (Phi) is 6.08. The van der Waals surface area contributed by atoms with Gasteiger partial charge in [-0.3, -0.25) is 9.10 Å². The standard InChI is InChI=1S/C22H28N2O3S/c1-16-7-6-10-21(13-16)24(28(3,26)27)15-22(25)23-17(2)19-12-11-18-8-4-5-9-20(18)14-19/h6-7,10-14,17H,4-5,8-9,15H2,1-3H3,(H,23,25)/t17-/m0/s1. The van der Waals surface area contributed by atoms with Crippen LogP contribution in [0.2, 0.25) is 0 Å². The molecule has 2 aromatic rings. The van der Waals surface area contributed by atoms with E-state index in [0.717, 1.165) is 34.5 Å². The number of nitrogens with one attached hydrogen (secondary N) is 1. The number of sulfonamides is 1. The molecule has 0 spiro atoms. The number of hydrogen-bond donors (Lipinski definition) is 1. The van der Waals surface area contributed by atoms with Crippen molar-refractivity contribution in [2.24, 2.45) is 0 Å². The third-order valence-electron chi connectivity index (χ3n) is 5.23. The third kappa shape index (κ3) is 4.93. The number of hydrogen-bond acceptors (Lipinski definition) is 3. The molecule has 0 bridgehead atoms. The van der Waals surface area contributed by atoms with Gasteiger partial charge in [-0.15, -0.1) is 0 Å². The summed E-state index contributed by atoms with van der Waals surface area (Å²) in [6.45, 7) is 3.58. The van der Waals surface area contributed by atoms with Gasteiger partial charge < -0.3 is 5.32 Å². The van der Waals surface area contributed by atoms with E-state index in [1.165, 1.54) is 24.0 Å². The van der Waals surface area contributed by atoms with Gasteiger partial charge in [-0.1, -0.05) is 30.3 Å². The van der Waals surface area contributed by atoms with E-state index in [1.807, 2.05) is 19.9 Å². The Labute approximate surface area is 167 Å². The predicted molar refractivity (Wildman–Crippen MR) is 113 cm³/mol. The van der Waals surface area contributed by atoms with Crippen molar-refractivity contribution < 1.29 is 13.2 Å². The number of anilines is 1. The van der Waals surface area contributed by atoms with E-state index in [0.29, 0.717) is 5.69 Å². The van der Waals surface area contributed by atoms with Gasteiger partial charge in [-0.05, 0) is 73.9 Å². The number of nitrogens with zero attached hydrogens (tertiary/aromatic N) is 1. The summed E-state index contributed by atoms with van der Waals surface area (Å²) < 4.78 is 25.6. The zero-order valence-corrected chi connectivity index (χ0v) is 17.6. The summed E-state index contributed by atoms with van der Waals surface area (Å²) in [6, 6.07) is 13.4. The second-order valence-electron chi connectivity index (χ2n) is 7.63. The largest absolute Gasteiger partial charge is 0.348 e. The lowest BCUT2D eigenvalue weighted by Crippen LogP contribution is -2.41. The van der Waals surface area contributed by atoms with E-state index in [4.69, 9.17) is 0 Å². The Hall–Kier alpha value is -2.34. The van der Waals surface area contributed by atoms with Crippen LogP contribution in [0.3, 0.4) is 0 Å². The van der Waals surface area contributed by atoms with Crippen LogP contribution < -0.4 is 9.62 Å². The molecule has 3 rings (SSSR count). The molecule has 150 valence electrons. The van der Waals surface area contributed by atoms with Crippen molar-refractivity contribution in [2.45, 2.75) is 45.6 Å². The van der Waals surface area contributed by atoms with Gasteiger partial charge in [0.2, 0.25) is 15.9 Å². The Bertz CT molecular complexity index is 969. The van der Waals surface area contributed by atoms with Crippen LogP contribution in [0.5, 0.6) is 0 Å². The van der Waals surface area contributed by atoms with Crippen LogP contribution in [0.15, 0.2) is 42.5 Å². The van der Waals surface area contributed by atoms with E-state index < -0.39 is 10.0 Å². The van der Waals surface area contributed by atoms with Gasteiger partial charge in [0.15, 0.2) is 0 Å². The average Bonchev–Trinajstić information content (AvgIpc) is 2.64. The highest BCUT2D eigenvalue weighted by atomic mass is 32.2. The van der Waals surface area contributed by atoms with Gasteiger partial charge in [0.05, 0.1) is 18.0 Å². The van der Waals surface area contributed by atoms with Crippen LogP contribution in [-0.4, -0.2) is 27.1 Å². The minimum atomic E-state index is -3.57. The summed E-state index contributed by atoms with van der Waals surface area (Å²) in [5.41, 5.74) is 5.25. The molecule has 0 aliphatic heterocycles. The molecule has 0 saturated heterocycles. The molecule has 6 heteroatoms. The number of amides is 1. The van der Waals surface area contributed by atoms with Crippen LogP contribution >= 0.6 is 0 Å². The Balaban J connectivity index is 1.72. The van der Waals surface area contributed by atoms with Crippen LogP contribution in [0.25, 0.3) is 0 Å². The molecule has 1 atom stereocenters. The summed E-state index contributed by atoms with van der Waals surface area (Å²) in [6.07, 6.45) is 5.76. The van der Waals surface area contributed by atoms with E-state index >= 15 is 0 Å². The number of fused-ring (bicyclic) bond motifs is 1. The highest BCUT2D eigenvalue weighted by molar-refractivity contribution is 7.92. The molecular formula is C22H28N2O3S. The summed E-state index contributed by atoms with van der Waals surface area (Å²) in [4.78, 5) is 12.6. The van der Waals surface area contributed by atoms with Crippen LogP contribution in [0.4, 0.5) is 5.69 Å². The van der Waals surface area contributed by atoms with Crippen LogP contribution in [0.1, 0.15) is 48.1 Å². The Morgan fingerprint density at radius 1 is 1.11 bits per heavy atom. The number of carbonyl (C=O) groups is 1. The fourth-order valence-corrected chi connectivity index (χ4v) is 4.55. The zero-order chi connectivity index (χ0) is 20.3. The maximum atomic E-state index is 12.6. The van der Waals surface area contributed by atoms with Crippen molar-refractivity contribution >= 4 is 21.6 Å². The number of aryl methyl sites for hydroxylation is 3. The normalized spacial score (nSPS) is 14.8. The first-order valence-corrected chi connectivity index (χ1v) is 11.5. The van der Waals surface area contributed by atoms with E-state index in [-0.39, 0.29) is 18.5 Å². The minimum absolute atomic E-state index is 0.182. The Morgan fingerprint density at radius 3 is 2.50 bits per heavy atom. The lowest BCUT2D eigenvalue weighted by molar-refractivity contribution is -0.120. The third-order valence-corrected chi connectivity index (χ3v) is 6.37. The van der Waals surface area contributed by atoms with Crippen molar-refractivity contribution in [1.29, 1.82) is 0 Å². The smallest absolute Gasteiger partial charge is 0.241 e. The first kappa shape index (κ1) is 20.4. The molecular weight excluding hydrogens is 372 g/mol. The molecule has 2 aromatic carbocycles. The van der Waals surface area contributed by atoms with Crippen molar-refractivity contribution in [3.05, 3.63) is 64.7 Å². The summed E-state index contributed by atoms with van der Waals surface area (Å²) >= 11 is 0. The number of carbonyl (C=O) groups excluding carboxylic acids is 1. The fraction of sp³-hybridized carbons (Fsp3) is 0.409. The van der Waals surface area contributed by atoms with Gasteiger partial charge >= 0.3 is 0 Å². The van der Waals surface area contributed by atoms with Gasteiger partial charge in [0.1, 0.15) is 6.54 Å². The molecule has 0 unspecified atom stereocenters. The lowest BCUT2D eigenvalue weighted by atomic mass is 9.89. The molecule has 1 aliphatic rings. The first-order valence-electron chi connectivity index (χ1n) is 9.69. The highest BCUT2D eigenvalue weighted by Gasteiger charge is 2.22. The highest BCUT2D eigenvalue weighted by Crippen LogP contribution is 2.25. The first-order chi connectivity index (χ1) is 13.2. The maximum absolute atomic E-state index is 12.6. The molecule has 0 radical (unpaired) electrons. The molecule has 0 saturated carbocycles. The van der Waals surface area contributed by atoms with E-state index in [2.05, 4.69) is 23.5 Å². The van der Waals surface area contributed by atoms with Crippen LogP contribution in [-0.2, 0) is 27.7 Å². The second-order valence-corrected chi connectivity index (χ2v) is 9.54. The lowest BCUT2D eigenvalue weighted by Gasteiger charge is -2.24. The van der Waals surface area contributed by atoms with Crippen molar-refractivity contribution in [3.63, 3.8) is 0 Å². The van der Waals surface area contributed by atoms with E-state index in [9.17, 15) is 13.2 Å². The van der Waals surface area contributed by atoms with Gasteiger partial charge in [-0.2, -0.15) is 0 Å². The van der Waals surface area contributed by atoms with Crippen molar-refractivity contribution in [2.75, 3.05) is 17.1 Å². The molecule has 1 amide bonds. The van der Waals surface area contributed by atoms with Crippen molar-refractivity contribution in [3.8, 4) is 0 Å². The minimum Gasteiger partial charge on any atom is -0.348 e. The molecule has 1 aliphatic carbocycles. The van der Waals surface area contributed by atoms with Crippen molar-refractivity contribution in [1.82, 2.24) is 5.32 Å². The van der Waals surface area contributed by atoms with E-state index in [1.54, 1.807) is 18.2 Å². The SMILES string of the molecule is Cc1cccc(N(CC(=O)N[C@@H](C)c2ccc3c(c2)CCCC3)S(C)(=O)=O)c1. The van der Waals surface area contributed by atoms with Gasteiger partial charge in [0.25, 0.3) is 0 Å². The van der Waals surface area contributed by atoms with Gasteiger partial charge in [0, 0.05) is 0 Å². The summed E-state index contributed by atoms with van der Waals surface area (Å²) in [5.74, 6) is -0.322. The summed E-state index contributed by atoms with van der Waals surface area (Å²) in [7, 11) is -3.57. The predicted octanol–water partition coefficient (Wildman–Crippen LogP) is 3.52. The molecule has 0 aromatic heterocycles. The second kappa shape index (κ2) is 8.35. The zero-order valence-electron chi connectivity index (χ0n) is 16.7. The molecule has 1 N–H and O–H groups in total. The van der Waals surface area contributed by atoms with Crippen LogP contribution in [0, 0.1) is 6.92 Å². The molecule has 0 heterocycles. The molecule has 0 fully saturated rings. The quantitative estimate of drug-likeness (QED) is 0.807. The number of benzene rings is 2.